The van der Waals surface area contributed by atoms with Crippen LogP contribution in [0.4, 0.5) is 10.6 Å². The molecule has 4 amide bonds. The van der Waals surface area contributed by atoms with Crippen LogP contribution in [0, 0.1) is 5.41 Å². The first kappa shape index (κ1) is 18.6. The number of barbiturate groups is 1. The first-order chi connectivity index (χ1) is 14.3. The van der Waals surface area contributed by atoms with Crippen molar-refractivity contribution >= 4 is 23.7 Å². The molecule has 0 bridgehead atoms. The fourth-order valence-electron chi connectivity index (χ4n) is 4.82. The minimum Gasteiger partial charge on any atom is -0.372 e. The van der Waals surface area contributed by atoms with Crippen LogP contribution in [0.3, 0.4) is 0 Å². The minimum atomic E-state index is -1.53. The third kappa shape index (κ3) is 2.53. The molecule has 3 atom stereocenters. The lowest BCUT2D eigenvalue weighted by atomic mass is 9.67. The van der Waals surface area contributed by atoms with Crippen LogP contribution in [0.2, 0.25) is 0 Å². The number of amides is 4. The van der Waals surface area contributed by atoms with Gasteiger partial charge >= 0.3 is 6.03 Å². The van der Waals surface area contributed by atoms with Crippen LogP contribution >= 0.6 is 0 Å². The first-order valence-electron chi connectivity index (χ1n) is 9.62. The SMILES string of the molecule is C[C@H]1CN2c3ncc(-c4nnn(C)n4)cc3CC3(C(=O)NC(=O)NC3=O)[C@@H]2[C@@H](C)O1. The molecular weight excluding hydrogens is 392 g/mol. The number of morpholine rings is 1. The number of hydrogen-bond donors (Lipinski definition) is 2. The van der Waals surface area contributed by atoms with E-state index in [-0.39, 0.29) is 12.5 Å². The topological polar surface area (TPSA) is 144 Å². The summed E-state index contributed by atoms with van der Waals surface area (Å²) in [6.45, 7) is 4.21. The van der Waals surface area contributed by atoms with E-state index in [1.54, 1.807) is 13.2 Å². The van der Waals surface area contributed by atoms with Crippen molar-refractivity contribution in [3.8, 4) is 11.4 Å². The molecule has 0 aromatic carbocycles. The predicted octanol–water partition coefficient (Wildman–Crippen LogP) is -0.837. The largest absolute Gasteiger partial charge is 0.372 e. The number of anilines is 1. The Morgan fingerprint density at radius 2 is 1.93 bits per heavy atom. The second-order valence-electron chi connectivity index (χ2n) is 7.94. The summed E-state index contributed by atoms with van der Waals surface area (Å²) in [5.41, 5.74) is -0.217. The van der Waals surface area contributed by atoms with Gasteiger partial charge in [-0.15, -0.1) is 10.2 Å². The number of pyridine rings is 1. The van der Waals surface area contributed by atoms with E-state index in [0.717, 1.165) is 0 Å². The maximum Gasteiger partial charge on any atom is 0.328 e. The van der Waals surface area contributed by atoms with Gasteiger partial charge in [0.05, 0.1) is 25.3 Å². The fourth-order valence-corrected chi connectivity index (χ4v) is 4.82. The number of fused-ring (bicyclic) bond motifs is 4. The number of tetrazole rings is 1. The predicted molar refractivity (Wildman–Crippen MR) is 101 cm³/mol. The second kappa shape index (κ2) is 6.29. The van der Waals surface area contributed by atoms with E-state index in [1.807, 2.05) is 24.8 Å². The van der Waals surface area contributed by atoms with E-state index in [9.17, 15) is 14.4 Å². The fraction of sp³-hybridized carbons (Fsp3) is 0.500. The number of urea groups is 1. The molecule has 30 heavy (non-hydrogen) atoms. The van der Waals surface area contributed by atoms with Crippen molar-refractivity contribution in [3.05, 3.63) is 17.8 Å². The molecule has 0 saturated carbocycles. The summed E-state index contributed by atoms with van der Waals surface area (Å²) in [5.74, 6) is -0.201. The maximum atomic E-state index is 13.1. The molecular formula is C18H20N8O4. The van der Waals surface area contributed by atoms with Gasteiger partial charge < -0.3 is 9.64 Å². The van der Waals surface area contributed by atoms with Crippen molar-refractivity contribution in [2.45, 2.75) is 38.5 Å². The van der Waals surface area contributed by atoms with E-state index in [2.05, 4.69) is 31.0 Å². The molecule has 0 radical (unpaired) electrons. The molecule has 0 unspecified atom stereocenters. The summed E-state index contributed by atoms with van der Waals surface area (Å²) in [7, 11) is 1.66. The molecule has 1 spiro atoms. The van der Waals surface area contributed by atoms with E-state index in [4.69, 9.17) is 4.74 Å². The Labute approximate surface area is 171 Å². The van der Waals surface area contributed by atoms with E-state index < -0.39 is 35.4 Å². The second-order valence-corrected chi connectivity index (χ2v) is 7.94. The number of hydrogen-bond acceptors (Lipinski definition) is 9. The van der Waals surface area contributed by atoms with Crippen molar-refractivity contribution in [2.75, 3.05) is 11.4 Å². The Morgan fingerprint density at radius 1 is 1.20 bits per heavy atom. The molecule has 12 nitrogen and oxygen atoms in total. The summed E-state index contributed by atoms with van der Waals surface area (Å²) < 4.78 is 5.97. The zero-order chi connectivity index (χ0) is 21.2. The number of nitrogens with zero attached hydrogens (tertiary/aromatic N) is 6. The lowest BCUT2D eigenvalue weighted by Crippen LogP contribution is -2.75. The molecule has 156 valence electrons. The van der Waals surface area contributed by atoms with Crippen LogP contribution in [0.1, 0.15) is 19.4 Å². The lowest BCUT2D eigenvalue weighted by Gasteiger charge is -2.54. The molecule has 2 saturated heterocycles. The number of aromatic nitrogens is 5. The van der Waals surface area contributed by atoms with Gasteiger partial charge in [0.1, 0.15) is 5.82 Å². The van der Waals surface area contributed by atoms with Crippen LogP contribution in [-0.2, 0) is 27.8 Å². The zero-order valence-electron chi connectivity index (χ0n) is 16.6. The number of nitrogens with one attached hydrogen (secondary N) is 2. The number of aryl methyl sites for hydroxylation is 1. The smallest absolute Gasteiger partial charge is 0.328 e. The molecule has 5 rings (SSSR count). The van der Waals surface area contributed by atoms with Crippen molar-refractivity contribution in [3.63, 3.8) is 0 Å². The molecule has 3 aliphatic rings. The highest BCUT2D eigenvalue weighted by atomic mass is 16.5. The zero-order valence-corrected chi connectivity index (χ0v) is 16.6. The molecule has 0 aliphatic carbocycles. The monoisotopic (exact) mass is 412 g/mol. The van der Waals surface area contributed by atoms with Gasteiger partial charge in [-0.1, -0.05) is 0 Å². The summed E-state index contributed by atoms with van der Waals surface area (Å²) in [6, 6.07) is 0.391. The van der Waals surface area contributed by atoms with Crippen molar-refractivity contribution in [1.82, 2.24) is 35.8 Å². The third-order valence-electron chi connectivity index (χ3n) is 5.90. The van der Waals surface area contributed by atoms with Crippen LogP contribution in [0.25, 0.3) is 11.4 Å². The van der Waals surface area contributed by atoms with E-state index >= 15 is 0 Å². The van der Waals surface area contributed by atoms with Gasteiger partial charge in [0.2, 0.25) is 17.6 Å². The molecule has 3 aliphatic heterocycles. The van der Waals surface area contributed by atoms with Gasteiger partial charge in [-0.3, -0.25) is 20.2 Å². The average Bonchev–Trinajstić information content (AvgIpc) is 3.11. The average molecular weight is 412 g/mol. The number of imide groups is 2. The number of carbonyl (C=O) groups is 3. The third-order valence-corrected chi connectivity index (χ3v) is 5.90. The van der Waals surface area contributed by atoms with Crippen LogP contribution < -0.4 is 15.5 Å². The summed E-state index contributed by atoms with van der Waals surface area (Å²) in [6.07, 6.45) is 1.16. The Hall–Kier alpha value is -3.41. The molecule has 5 heterocycles. The molecule has 2 fully saturated rings. The van der Waals surface area contributed by atoms with Crippen LogP contribution in [-0.4, -0.2) is 67.8 Å². The maximum absolute atomic E-state index is 13.1. The number of carbonyl (C=O) groups excluding carboxylic acids is 3. The summed E-state index contributed by atoms with van der Waals surface area (Å²) in [4.78, 5) is 45.9. The Bertz CT molecular complexity index is 1060. The van der Waals surface area contributed by atoms with Gasteiger partial charge in [-0.2, -0.15) is 4.80 Å². The normalized spacial score (nSPS) is 27.4. The van der Waals surface area contributed by atoms with Crippen molar-refractivity contribution < 1.29 is 19.1 Å². The van der Waals surface area contributed by atoms with Gasteiger partial charge in [-0.05, 0) is 30.7 Å². The summed E-state index contributed by atoms with van der Waals surface area (Å²) >= 11 is 0. The molecule has 2 aromatic heterocycles. The van der Waals surface area contributed by atoms with Crippen molar-refractivity contribution in [1.29, 1.82) is 0 Å². The Morgan fingerprint density at radius 3 is 2.60 bits per heavy atom. The van der Waals surface area contributed by atoms with Crippen molar-refractivity contribution in [2.24, 2.45) is 12.5 Å². The Balaban J connectivity index is 1.68. The van der Waals surface area contributed by atoms with E-state index in [1.165, 1.54) is 4.80 Å². The number of ether oxygens (including phenoxy) is 1. The first-order valence-corrected chi connectivity index (χ1v) is 9.62. The van der Waals surface area contributed by atoms with Crippen LogP contribution in [0.5, 0.6) is 0 Å². The molecule has 12 heteroatoms. The highest BCUT2D eigenvalue weighted by molar-refractivity contribution is 6.20. The quantitative estimate of drug-likeness (QED) is 0.573. The van der Waals surface area contributed by atoms with Gasteiger partial charge in [0.15, 0.2) is 5.41 Å². The lowest BCUT2D eigenvalue weighted by molar-refractivity contribution is -0.153. The minimum absolute atomic E-state index is 0.0671. The molecule has 2 N–H and O–H groups in total. The van der Waals surface area contributed by atoms with E-state index in [0.29, 0.717) is 29.3 Å². The van der Waals surface area contributed by atoms with Gasteiger partial charge in [0.25, 0.3) is 0 Å². The van der Waals surface area contributed by atoms with Crippen LogP contribution in [0.15, 0.2) is 12.3 Å². The summed E-state index contributed by atoms with van der Waals surface area (Å²) in [5, 5.41) is 16.6. The van der Waals surface area contributed by atoms with Gasteiger partial charge in [0, 0.05) is 24.7 Å². The highest BCUT2D eigenvalue weighted by Crippen LogP contribution is 2.46. The highest BCUT2D eigenvalue weighted by Gasteiger charge is 2.63. The Kier molecular flexibility index (Phi) is 3.90. The number of rotatable bonds is 1. The molecule has 2 aromatic rings. The standard InChI is InChI=1S/C18H20N8O4/c1-8-7-26-12(9(2)30-8)18(15(27)20-17(29)21-16(18)28)5-10-4-11(6-19-14(10)26)13-22-24-25(3)23-13/h4,6,8-9,12H,5,7H2,1-3H3,(H2,20,21,27,28,29)/t8-,9+,12-/m0/s1. The van der Waals surface area contributed by atoms with Gasteiger partial charge in [-0.25, -0.2) is 9.78 Å².